The molecule has 0 aromatic rings. The third-order valence-corrected chi connectivity index (χ3v) is 10.1. The number of rotatable bonds is 22. The van der Waals surface area contributed by atoms with Crippen LogP contribution in [0.2, 0.25) is 0 Å². The Kier molecular flexibility index (Phi) is 14.7. The summed E-state index contributed by atoms with van der Waals surface area (Å²) in [6, 6.07) is -1.69. The van der Waals surface area contributed by atoms with Crippen LogP contribution in [-0.2, 0) is 38.2 Å². The van der Waals surface area contributed by atoms with Gasteiger partial charge >= 0.3 is 6.03 Å². The summed E-state index contributed by atoms with van der Waals surface area (Å²) in [6.45, 7) is 7.20. The van der Waals surface area contributed by atoms with Crippen LogP contribution in [0.3, 0.4) is 0 Å². The highest BCUT2D eigenvalue weighted by Gasteiger charge is 2.51. The van der Waals surface area contributed by atoms with Crippen LogP contribution in [0.25, 0.3) is 0 Å². The molecule has 0 bridgehead atoms. The van der Waals surface area contributed by atoms with Gasteiger partial charge in [0.2, 0.25) is 23.6 Å². The molecule has 5 atom stereocenters. The maximum Gasteiger partial charge on any atom is 0.315 e. The number of likely N-dealkylation sites (tertiary alicyclic amines) is 2. The van der Waals surface area contributed by atoms with Crippen LogP contribution >= 0.6 is 11.8 Å². The van der Waals surface area contributed by atoms with Crippen molar-refractivity contribution in [1.82, 2.24) is 31.1 Å². The Labute approximate surface area is 280 Å². The lowest BCUT2D eigenvalue weighted by atomic mass is 10.0. The second-order valence-electron chi connectivity index (χ2n) is 12.5. The van der Waals surface area contributed by atoms with Crippen molar-refractivity contribution in [3.8, 4) is 0 Å². The molecule has 2 unspecified atom stereocenters. The number of nitrogens with zero attached hydrogens (tertiary/aromatic N) is 2. The summed E-state index contributed by atoms with van der Waals surface area (Å²) in [5, 5.41) is 12.4. The Morgan fingerprint density at radius 3 is 2.21 bits per heavy atom. The van der Waals surface area contributed by atoms with E-state index in [0.717, 1.165) is 41.2 Å². The van der Waals surface area contributed by atoms with Crippen LogP contribution in [-0.4, -0.2) is 139 Å². The Morgan fingerprint density at radius 1 is 0.851 bits per heavy atom. The first kappa shape index (κ1) is 37.0. The van der Waals surface area contributed by atoms with E-state index in [9.17, 15) is 28.8 Å². The largest absolute Gasteiger partial charge is 0.379 e. The summed E-state index contributed by atoms with van der Waals surface area (Å²) in [6.07, 6.45) is 4.48. The van der Waals surface area contributed by atoms with Crippen molar-refractivity contribution in [2.75, 3.05) is 58.5 Å². The van der Waals surface area contributed by atoms with E-state index in [0.29, 0.717) is 70.8 Å². The second kappa shape index (κ2) is 18.7. The van der Waals surface area contributed by atoms with Gasteiger partial charge in [0.05, 0.1) is 57.4 Å². The Hall–Kier alpha value is -2.79. The molecule has 0 aromatic carbocycles. The average molecular weight is 683 g/mol. The van der Waals surface area contributed by atoms with Gasteiger partial charge in [-0.15, -0.1) is 0 Å². The minimum Gasteiger partial charge on any atom is -0.379 e. The normalized spacial score (nSPS) is 25.7. The fraction of sp³-hybridized carbons (Fsp3) is 0.806. The van der Waals surface area contributed by atoms with Crippen molar-refractivity contribution in [3.63, 3.8) is 0 Å². The fourth-order valence-corrected chi connectivity index (χ4v) is 7.82. The smallest absolute Gasteiger partial charge is 0.315 e. The molecule has 47 heavy (non-hydrogen) atoms. The number of hydrogen-bond donors (Lipinski definition) is 4. The maximum absolute atomic E-state index is 12.8. The highest BCUT2D eigenvalue weighted by atomic mass is 32.2. The highest BCUT2D eigenvalue weighted by Crippen LogP contribution is 2.33. The molecule has 0 aliphatic carbocycles. The Balaban J connectivity index is 0.898. The van der Waals surface area contributed by atoms with Gasteiger partial charge in [-0.05, 0) is 46.1 Å². The summed E-state index contributed by atoms with van der Waals surface area (Å²) >= 11 is 1.89. The molecule has 15 nitrogen and oxygen atoms in total. The number of fused-ring (bicyclic) bond motifs is 1. The monoisotopic (exact) mass is 682 g/mol. The molecule has 7 amide bonds. The molecule has 4 aliphatic heterocycles. The molecule has 0 radical (unpaired) electrons. The van der Waals surface area contributed by atoms with Gasteiger partial charge in [0.25, 0.3) is 5.91 Å². The third kappa shape index (κ3) is 10.6. The number of unbranched alkanes of at least 4 members (excludes halogenated alkanes) is 1. The topological polar surface area (TPSA) is 185 Å². The van der Waals surface area contributed by atoms with Crippen LogP contribution in [0.1, 0.15) is 65.2 Å². The van der Waals surface area contributed by atoms with Crippen LogP contribution in [0, 0.1) is 0 Å². The van der Waals surface area contributed by atoms with Crippen LogP contribution < -0.4 is 21.3 Å². The van der Waals surface area contributed by atoms with Crippen LogP contribution in [0.5, 0.6) is 0 Å². The summed E-state index contributed by atoms with van der Waals surface area (Å²) in [5.41, 5.74) is 0. The van der Waals surface area contributed by atoms with Crippen molar-refractivity contribution in [3.05, 3.63) is 0 Å². The zero-order valence-corrected chi connectivity index (χ0v) is 28.3. The third-order valence-electron chi connectivity index (χ3n) is 8.64. The van der Waals surface area contributed by atoms with E-state index in [1.54, 1.807) is 13.8 Å². The zero-order chi connectivity index (χ0) is 33.8. The summed E-state index contributed by atoms with van der Waals surface area (Å²) in [4.78, 5) is 75.7. The zero-order valence-electron chi connectivity index (χ0n) is 27.5. The quantitative estimate of drug-likeness (QED) is 0.0680. The molecule has 4 rings (SSSR count). The molecule has 4 fully saturated rings. The number of thioether (sulfide) groups is 1. The standard InChI is InChI=1S/C31H50N6O9S/c1-20(2)36-27(40)18-23(30(36)42)37-26(39)17-21(29(37)41)32-9-5-11-44-13-15-46-16-14-45-12-6-10-33-25(38)8-4-3-7-24-28-22(19-47-24)34-31(43)35-28/h20-24,28,32H,3-19H2,1-2H3,(H,33,38)(H2,34,35,43)/t21?,22-,23?,24-,28-/m0/s1. The van der Waals surface area contributed by atoms with E-state index in [1.165, 1.54) is 0 Å². The molecule has 0 aromatic heterocycles. The van der Waals surface area contributed by atoms with Gasteiger partial charge in [-0.2, -0.15) is 11.8 Å². The number of hydrogen-bond acceptors (Lipinski definition) is 11. The first-order chi connectivity index (χ1) is 22.7. The van der Waals surface area contributed by atoms with Gasteiger partial charge in [0, 0.05) is 43.2 Å². The van der Waals surface area contributed by atoms with Gasteiger partial charge in [-0.25, -0.2) is 4.79 Å². The number of amides is 7. The number of imide groups is 2. The molecule has 4 heterocycles. The maximum atomic E-state index is 12.8. The summed E-state index contributed by atoms with van der Waals surface area (Å²) in [7, 11) is 0. The van der Waals surface area contributed by atoms with Gasteiger partial charge in [0.1, 0.15) is 6.04 Å². The van der Waals surface area contributed by atoms with Crippen molar-refractivity contribution in [2.45, 2.75) is 101 Å². The molecular formula is C31H50N6O9S. The molecule has 4 aliphatic rings. The number of ether oxygens (including phenoxy) is 3. The lowest BCUT2D eigenvalue weighted by Crippen LogP contribution is -2.48. The van der Waals surface area contributed by atoms with E-state index in [4.69, 9.17) is 14.2 Å². The van der Waals surface area contributed by atoms with E-state index in [-0.39, 0.29) is 48.8 Å². The number of carbonyl (C=O) groups is 6. The minimum atomic E-state index is -1.04. The minimum absolute atomic E-state index is 0.0345. The lowest BCUT2D eigenvalue weighted by Gasteiger charge is -2.23. The predicted molar refractivity (Wildman–Crippen MR) is 172 cm³/mol. The van der Waals surface area contributed by atoms with Crippen LogP contribution in [0.4, 0.5) is 4.79 Å². The van der Waals surface area contributed by atoms with E-state index in [2.05, 4.69) is 21.3 Å². The lowest BCUT2D eigenvalue weighted by molar-refractivity contribution is -0.149. The second-order valence-corrected chi connectivity index (χ2v) is 13.8. The Morgan fingerprint density at radius 2 is 1.53 bits per heavy atom. The molecule has 0 saturated carbocycles. The molecule has 4 N–H and O–H groups in total. The van der Waals surface area contributed by atoms with Crippen LogP contribution in [0.15, 0.2) is 0 Å². The highest BCUT2D eigenvalue weighted by molar-refractivity contribution is 8.00. The Bertz CT molecular complexity index is 1130. The summed E-state index contributed by atoms with van der Waals surface area (Å²) < 4.78 is 16.6. The average Bonchev–Trinajstić information content (AvgIpc) is 3.74. The number of urea groups is 1. The predicted octanol–water partition coefficient (Wildman–Crippen LogP) is -0.0886. The van der Waals surface area contributed by atoms with E-state index < -0.39 is 29.8 Å². The molecule has 4 saturated heterocycles. The van der Waals surface area contributed by atoms with Gasteiger partial charge in [-0.1, -0.05) is 6.42 Å². The first-order valence-electron chi connectivity index (χ1n) is 16.8. The number of nitrogens with one attached hydrogen (secondary N) is 4. The van der Waals surface area contributed by atoms with Crippen molar-refractivity contribution in [1.29, 1.82) is 0 Å². The molecule has 16 heteroatoms. The van der Waals surface area contributed by atoms with Gasteiger partial charge in [0.15, 0.2) is 0 Å². The summed E-state index contributed by atoms with van der Waals surface area (Å²) in [5.74, 6) is -0.761. The molecule has 264 valence electrons. The SMILES string of the molecule is CC(C)N1C(=O)CC(N2C(=O)CC(NCCCOCCOCCOCCCNC(=O)CCCC[C@@H]3SC[C@@H]4NC(=O)N[C@@H]43)C2=O)C1=O. The van der Waals surface area contributed by atoms with Crippen molar-refractivity contribution in [2.24, 2.45) is 0 Å². The van der Waals surface area contributed by atoms with E-state index >= 15 is 0 Å². The molecular weight excluding hydrogens is 632 g/mol. The van der Waals surface area contributed by atoms with Crippen molar-refractivity contribution < 1.29 is 43.0 Å². The fourth-order valence-electron chi connectivity index (χ4n) is 6.27. The first-order valence-corrected chi connectivity index (χ1v) is 17.9. The van der Waals surface area contributed by atoms with Crippen molar-refractivity contribution >= 4 is 47.3 Å². The number of carbonyl (C=O) groups excluding carboxylic acids is 6. The van der Waals surface area contributed by atoms with E-state index in [1.807, 2.05) is 11.8 Å². The van der Waals surface area contributed by atoms with Gasteiger partial charge in [-0.3, -0.25) is 33.8 Å². The van der Waals surface area contributed by atoms with Gasteiger partial charge < -0.3 is 35.5 Å². The molecule has 0 spiro atoms.